The number of ether oxygens (including phenoxy) is 4. The summed E-state index contributed by atoms with van der Waals surface area (Å²) in [4.78, 5) is 53.5. The molecule has 0 radical (unpaired) electrons. The summed E-state index contributed by atoms with van der Waals surface area (Å²) in [5, 5.41) is 0. The Kier molecular flexibility index (Phi) is 17.1. The molecule has 1 aliphatic rings. The predicted molar refractivity (Wildman–Crippen MR) is 273 cm³/mol. The average Bonchev–Trinajstić information content (AvgIpc) is 3.15. The minimum absolute atomic E-state index is 0.122. The van der Waals surface area contributed by atoms with Crippen molar-refractivity contribution in [3.63, 3.8) is 0 Å². The first-order valence-electron chi connectivity index (χ1n) is 24.9. The van der Waals surface area contributed by atoms with Crippen LogP contribution in [0.3, 0.4) is 0 Å². The highest BCUT2D eigenvalue weighted by molar-refractivity contribution is 5.75. The molecule has 0 fully saturated rings. The summed E-state index contributed by atoms with van der Waals surface area (Å²) in [5.74, 6) is -1.12. The van der Waals surface area contributed by atoms with Crippen LogP contribution in [-0.4, -0.2) is 50.3 Å². The fourth-order valence-electron chi connectivity index (χ4n) is 11.1. The maximum absolute atomic E-state index is 13.4. The van der Waals surface area contributed by atoms with Gasteiger partial charge < -0.3 is 18.9 Å². The van der Waals surface area contributed by atoms with Crippen molar-refractivity contribution < 1.29 is 38.1 Å². The monoisotopic (exact) mass is 929 g/mol. The maximum Gasteiger partial charge on any atom is 0.310 e. The van der Waals surface area contributed by atoms with E-state index in [9.17, 15) is 19.2 Å². The molecule has 368 valence electrons. The lowest BCUT2D eigenvalue weighted by Crippen LogP contribution is -2.25. The Morgan fingerprint density at radius 1 is 0.324 bits per heavy atom. The number of carbonyl (C=O) groups excluding carboxylic acids is 4. The number of fused-ring (bicyclic) bond motifs is 8. The van der Waals surface area contributed by atoms with Crippen molar-refractivity contribution in [3.05, 3.63) is 138 Å². The number of hydrogen-bond acceptors (Lipinski definition) is 8. The smallest absolute Gasteiger partial charge is 0.310 e. The molecule has 68 heavy (non-hydrogen) atoms. The van der Waals surface area contributed by atoms with Gasteiger partial charge in [-0.2, -0.15) is 0 Å². The second-order valence-electron chi connectivity index (χ2n) is 22.8. The Morgan fingerprint density at radius 3 is 0.588 bits per heavy atom. The second kappa shape index (κ2) is 21.6. The van der Waals surface area contributed by atoms with Crippen molar-refractivity contribution in [2.75, 3.05) is 26.4 Å². The van der Waals surface area contributed by atoms with Crippen LogP contribution in [0.2, 0.25) is 0 Å². The van der Waals surface area contributed by atoms with Gasteiger partial charge in [-0.25, -0.2) is 0 Å². The minimum atomic E-state index is -0.326. The van der Waals surface area contributed by atoms with Gasteiger partial charge in [-0.1, -0.05) is 132 Å². The van der Waals surface area contributed by atoms with Crippen LogP contribution >= 0.6 is 0 Å². The summed E-state index contributed by atoms with van der Waals surface area (Å²) >= 11 is 0. The molecular weight excluding hydrogens is 849 g/mol. The lowest BCUT2D eigenvalue weighted by Gasteiger charge is -2.34. The van der Waals surface area contributed by atoms with Crippen LogP contribution in [0, 0.1) is 0 Å². The van der Waals surface area contributed by atoms with Crippen LogP contribution in [0.15, 0.2) is 48.5 Å². The van der Waals surface area contributed by atoms with E-state index in [1.165, 1.54) is 22.3 Å². The highest BCUT2D eigenvalue weighted by atomic mass is 16.5. The van der Waals surface area contributed by atoms with Crippen molar-refractivity contribution in [2.24, 2.45) is 0 Å². The summed E-state index contributed by atoms with van der Waals surface area (Å²) in [7, 11) is 0. The topological polar surface area (TPSA) is 105 Å². The molecule has 0 aromatic heterocycles. The largest absolute Gasteiger partial charge is 0.466 e. The van der Waals surface area contributed by atoms with Gasteiger partial charge in [0.15, 0.2) is 0 Å². The standard InChI is InChI=1S/C60H80O8/c1-17-65-49(61)29-37-21-41-33-43-23-38(30-50(62)66-18-2)25-45(54(43)58(8,9)10)35-47-27-40(32-52(64)68-20-4)28-48(56(47)60(14,15)16)36-46-26-39(31-51(63)67-19-3)24-44(55(46)59(11,12)13)34-42(22-37)53(41)57(5,6)7/h21-28H,17-20,29-36H2,1-16H3. The molecule has 4 aromatic rings. The summed E-state index contributed by atoms with van der Waals surface area (Å²) in [6, 6.07) is 17.6. The number of rotatable bonds is 12. The highest BCUT2D eigenvalue weighted by Crippen LogP contribution is 2.43. The fourth-order valence-corrected chi connectivity index (χ4v) is 11.1. The highest BCUT2D eigenvalue weighted by Gasteiger charge is 2.33. The van der Waals surface area contributed by atoms with Crippen LogP contribution in [0.5, 0.6) is 0 Å². The van der Waals surface area contributed by atoms with Gasteiger partial charge in [-0.3, -0.25) is 19.2 Å². The van der Waals surface area contributed by atoms with E-state index in [1.807, 2.05) is 27.7 Å². The number of hydrogen-bond donors (Lipinski definition) is 0. The molecule has 8 heteroatoms. The summed E-state index contributed by atoms with van der Waals surface area (Å²) in [6.45, 7) is 35.6. The Hall–Kier alpha value is -5.24. The van der Waals surface area contributed by atoms with Crippen molar-refractivity contribution in [1.82, 2.24) is 0 Å². The molecule has 8 nitrogen and oxygen atoms in total. The van der Waals surface area contributed by atoms with Gasteiger partial charge in [0, 0.05) is 0 Å². The SMILES string of the molecule is CCOC(=O)Cc1cc2c(C(C)(C)C)c(c1)Cc1cc(CC(=O)OCC)cc(c1C(C)(C)C)Cc1cc(CC(=O)OCC)cc(c1C(C)(C)C)Cc1cc(CC(=O)OCC)cc(c1C(C)(C)C)C2. The average molecular weight is 929 g/mol. The summed E-state index contributed by atoms with van der Waals surface area (Å²) in [6.07, 6.45) is 2.68. The first kappa shape index (κ1) is 53.7. The molecule has 1 aliphatic carbocycles. The first-order chi connectivity index (χ1) is 31.7. The lowest BCUT2D eigenvalue weighted by molar-refractivity contribution is -0.143. The van der Waals surface area contributed by atoms with Gasteiger partial charge >= 0.3 is 23.9 Å². The molecule has 0 saturated heterocycles. The fraction of sp³-hybridized carbons (Fsp3) is 0.533. The molecule has 0 heterocycles. The van der Waals surface area contributed by atoms with Crippen molar-refractivity contribution in [1.29, 1.82) is 0 Å². The summed E-state index contributed by atoms with van der Waals surface area (Å²) < 4.78 is 22.2. The number of carbonyl (C=O) groups is 4. The summed E-state index contributed by atoms with van der Waals surface area (Å²) in [5.41, 5.74) is 15.9. The molecule has 0 saturated carbocycles. The Labute approximate surface area is 408 Å². The van der Waals surface area contributed by atoms with Crippen molar-refractivity contribution in [3.8, 4) is 0 Å². The molecule has 4 aromatic carbocycles. The quantitative estimate of drug-likeness (QED) is 0.0900. The first-order valence-corrected chi connectivity index (χ1v) is 24.9. The van der Waals surface area contributed by atoms with Gasteiger partial charge in [0.05, 0.1) is 52.1 Å². The molecule has 0 N–H and O–H groups in total. The van der Waals surface area contributed by atoms with Gasteiger partial charge in [0.25, 0.3) is 0 Å². The number of esters is 4. The molecule has 0 amide bonds. The van der Waals surface area contributed by atoms with Gasteiger partial charge in [0.1, 0.15) is 0 Å². The van der Waals surface area contributed by atoms with Crippen molar-refractivity contribution in [2.45, 2.75) is 184 Å². The van der Waals surface area contributed by atoms with E-state index in [0.717, 1.165) is 66.8 Å². The van der Waals surface area contributed by atoms with Gasteiger partial charge in [0.2, 0.25) is 0 Å². The van der Waals surface area contributed by atoms with Crippen LogP contribution in [0.25, 0.3) is 0 Å². The van der Waals surface area contributed by atoms with Crippen molar-refractivity contribution >= 4 is 23.9 Å². The Balaban J connectivity index is 2.06. The van der Waals surface area contributed by atoms with E-state index in [1.54, 1.807) is 0 Å². The van der Waals surface area contributed by atoms with E-state index in [2.05, 4.69) is 132 Å². The predicted octanol–water partition coefficient (Wildman–Crippen LogP) is 12.0. The van der Waals surface area contributed by atoms with Gasteiger partial charge in [-0.05, 0) is 164 Å². The molecule has 0 unspecified atom stereocenters. The molecular formula is C60H80O8. The third-order valence-electron chi connectivity index (χ3n) is 12.6. The lowest BCUT2D eigenvalue weighted by atomic mass is 9.70. The van der Waals surface area contributed by atoms with E-state index in [4.69, 9.17) is 18.9 Å². The maximum atomic E-state index is 13.4. The number of benzene rings is 4. The minimum Gasteiger partial charge on any atom is -0.466 e. The van der Waals surface area contributed by atoms with Crippen LogP contribution in [-0.2, 0) is 111 Å². The molecule has 0 atom stereocenters. The van der Waals surface area contributed by atoms with Crippen LogP contribution in [0.1, 0.15) is 200 Å². The van der Waals surface area contributed by atoms with Crippen LogP contribution in [0.4, 0.5) is 0 Å². The van der Waals surface area contributed by atoms with E-state index in [-0.39, 0.29) is 97.6 Å². The molecule has 0 aliphatic heterocycles. The molecule has 0 spiro atoms. The Morgan fingerprint density at radius 2 is 0.471 bits per heavy atom. The third kappa shape index (κ3) is 13.5. The zero-order valence-corrected chi connectivity index (χ0v) is 44.4. The second-order valence-corrected chi connectivity index (χ2v) is 22.8. The Bertz CT molecular complexity index is 2070. The normalized spacial score (nSPS) is 13.2. The molecule has 8 bridgehead atoms. The van der Waals surface area contributed by atoms with Crippen LogP contribution < -0.4 is 0 Å². The zero-order chi connectivity index (χ0) is 50.5. The van der Waals surface area contributed by atoms with E-state index in [0.29, 0.717) is 25.7 Å². The zero-order valence-electron chi connectivity index (χ0n) is 44.4. The van der Waals surface area contributed by atoms with E-state index < -0.39 is 0 Å². The third-order valence-corrected chi connectivity index (χ3v) is 12.6. The van der Waals surface area contributed by atoms with E-state index >= 15 is 0 Å². The van der Waals surface area contributed by atoms with Gasteiger partial charge in [-0.15, -0.1) is 0 Å². The molecule has 5 rings (SSSR count).